The number of nitro groups is 1. The number of allylic oxidation sites excluding steroid dienone is 1. The topological polar surface area (TPSA) is 78.7 Å². The predicted octanol–water partition coefficient (Wildman–Crippen LogP) is 6.21. The zero-order valence-corrected chi connectivity index (χ0v) is 18.7. The zero-order valence-electron chi connectivity index (χ0n) is 16.3. The first-order valence-electron chi connectivity index (χ1n) is 8.88. The van der Waals surface area contributed by atoms with Crippen molar-refractivity contribution in [3.63, 3.8) is 0 Å². The molecule has 2 aromatic carbocycles. The van der Waals surface area contributed by atoms with Crippen LogP contribution in [0, 0.1) is 17.0 Å². The third kappa shape index (κ3) is 5.34. The number of aryl methyl sites for hydroxylation is 1. The molecular formula is C22H18BrNO5S. The van der Waals surface area contributed by atoms with Crippen LogP contribution in [0.3, 0.4) is 0 Å². The Hall–Kier alpha value is -2.97. The fourth-order valence-electron chi connectivity index (χ4n) is 2.79. The Balaban J connectivity index is 1.74. The normalized spacial score (nSPS) is 10.9. The number of ketones is 1. The summed E-state index contributed by atoms with van der Waals surface area (Å²) in [4.78, 5) is 23.4. The summed E-state index contributed by atoms with van der Waals surface area (Å²) in [5, 5.41) is 12.8. The maximum Gasteiger partial charge on any atom is 0.272 e. The molecule has 0 aliphatic heterocycles. The van der Waals surface area contributed by atoms with Crippen LogP contribution in [0.25, 0.3) is 6.08 Å². The molecule has 6 nitrogen and oxygen atoms in total. The highest BCUT2D eigenvalue weighted by atomic mass is 79.9. The van der Waals surface area contributed by atoms with Crippen LogP contribution in [-0.2, 0) is 6.61 Å². The third-order valence-corrected chi connectivity index (χ3v) is 6.01. The summed E-state index contributed by atoms with van der Waals surface area (Å²) in [6, 6.07) is 12.0. The molecule has 0 unspecified atom stereocenters. The van der Waals surface area contributed by atoms with Gasteiger partial charge in [0, 0.05) is 27.0 Å². The Morgan fingerprint density at radius 3 is 2.67 bits per heavy atom. The summed E-state index contributed by atoms with van der Waals surface area (Å²) < 4.78 is 12.1. The van der Waals surface area contributed by atoms with E-state index in [2.05, 4.69) is 15.9 Å². The molecule has 0 atom stereocenters. The van der Waals surface area contributed by atoms with Gasteiger partial charge in [-0.3, -0.25) is 14.9 Å². The lowest BCUT2D eigenvalue weighted by Gasteiger charge is -2.12. The van der Waals surface area contributed by atoms with Gasteiger partial charge in [-0.1, -0.05) is 12.1 Å². The number of carbonyl (C=O) groups excluding carboxylic acids is 1. The second-order valence-corrected chi connectivity index (χ2v) is 8.22. The van der Waals surface area contributed by atoms with Gasteiger partial charge in [-0.15, -0.1) is 11.3 Å². The van der Waals surface area contributed by atoms with Gasteiger partial charge in [0.2, 0.25) is 0 Å². The summed E-state index contributed by atoms with van der Waals surface area (Å²) in [7, 11) is 1.57. The highest BCUT2D eigenvalue weighted by Gasteiger charge is 2.12. The molecule has 8 heteroatoms. The molecule has 0 saturated heterocycles. The minimum atomic E-state index is -0.422. The van der Waals surface area contributed by atoms with Crippen LogP contribution >= 0.6 is 27.3 Å². The van der Waals surface area contributed by atoms with Gasteiger partial charge in [-0.25, -0.2) is 0 Å². The van der Waals surface area contributed by atoms with E-state index >= 15 is 0 Å². The number of nitro benzene ring substituents is 1. The first kappa shape index (κ1) is 21.7. The van der Waals surface area contributed by atoms with Gasteiger partial charge in [-0.05, 0) is 64.8 Å². The van der Waals surface area contributed by atoms with Crippen LogP contribution in [0.15, 0.2) is 58.4 Å². The first-order chi connectivity index (χ1) is 14.4. The second kappa shape index (κ2) is 9.69. The van der Waals surface area contributed by atoms with Crippen molar-refractivity contribution in [3.05, 3.63) is 90.1 Å². The number of rotatable bonds is 8. The summed E-state index contributed by atoms with van der Waals surface area (Å²) in [6.07, 6.45) is 3.28. The molecule has 0 fully saturated rings. The Morgan fingerprint density at radius 2 is 2.03 bits per heavy atom. The number of thiophene rings is 1. The van der Waals surface area contributed by atoms with Gasteiger partial charge in [0.15, 0.2) is 5.78 Å². The van der Waals surface area contributed by atoms with Gasteiger partial charge in [-0.2, -0.15) is 0 Å². The van der Waals surface area contributed by atoms with E-state index in [4.69, 9.17) is 9.47 Å². The monoisotopic (exact) mass is 487 g/mol. The number of ether oxygens (including phenoxy) is 2. The summed E-state index contributed by atoms with van der Waals surface area (Å²) in [5.74, 6) is 1.11. The summed E-state index contributed by atoms with van der Waals surface area (Å²) in [5.41, 5.74) is 2.20. The summed E-state index contributed by atoms with van der Waals surface area (Å²) >= 11 is 4.73. The largest absolute Gasteiger partial charge is 0.496 e. The van der Waals surface area contributed by atoms with E-state index in [0.29, 0.717) is 21.9 Å². The lowest BCUT2D eigenvalue weighted by Crippen LogP contribution is -2.00. The minimum Gasteiger partial charge on any atom is -0.496 e. The molecule has 1 aromatic heterocycles. The number of benzene rings is 2. The average Bonchev–Trinajstić information content (AvgIpc) is 3.16. The van der Waals surface area contributed by atoms with Crippen molar-refractivity contribution in [2.75, 3.05) is 7.11 Å². The lowest BCUT2D eigenvalue weighted by molar-refractivity contribution is -0.385. The molecule has 154 valence electrons. The number of halogens is 1. The number of hydrogen-bond acceptors (Lipinski definition) is 6. The van der Waals surface area contributed by atoms with Crippen LogP contribution in [0.4, 0.5) is 5.69 Å². The molecule has 3 rings (SSSR count). The molecule has 0 radical (unpaired) electrons. The number of methoxy groups -OCH3 is 1. The van der Waals surface area contributed by atoms with Crippen molar-refractivity contribution >= 4 is 44.8 Å². The standard InChI is InChI=1S/C22H18BrNO5S/c1-14-9-18(5-6-19(14)24(26)27)29-12-16-10-15(4-8-21(16)28-2)3-7-20(25)22-11-17(23)13-30-22/h3-11,13H,12H2,1-2H3/b7-3+. The average molecular weight is 488 g/mol. The molecular weight excluding hydrogens is 470 g/mol. The first-order valence-corrected chi connectivity index (χ1v) is 10.6. The number of carbonyl (C=O) groups is 1. The number of nitrogens with zero attached hydrogens (tertiary/aromatic N) is 1. The van der Waals surface area contributed by atoms with Gasteiger partial charge in [0.1, 0.15) is 18.1 Å². The fraction of sp³-hybridized carbons (Fsp3) is 0.136. The van der Waals surface area contributed by atoms with Gasteiger partial charge < -0.3 is 9.47 Å². The van der Waals surface area contributed by atoms with Crippen molar-refractivity contribution in [3.8, 4) is 11.5 Å². The van der Waals surface area contributed by atoms with E-state index in [1.54, 1.807) is 38.3 Å². The maximum atomic E-state index is 12.3. The molecule has 0 aliphatic rings. The van der Waals surface area contributed by atoms with Crippen molar-refractivity contribution < 1.29 is 19.2 Å². The predicted molar refractivity (Wildman–Crippen MR) is 121 cm³/mol. The summed E-state index contributed by atoms with van der Waals surface area (Å²) in [6.45, 7) is 1.88. The number of hydrogen-bond donors (Lipinski definition) is 0. The quantitative estimate of drug-likeness (QED) is 0.163. The Bertz CT molecular complexity index is 1120. The molecule has 0 spiro atoms. The minimum absolute atomic E-state index is 0.0505. The van der Waals surface area contributed by atoms with E-state index in [0.717, 1.165) is 15.6 Å². The van der Waals surface area contributed by atoms with Crippen LogP contribution < -0.4 is 9.47 Å². The van der Waals surface area contributed by atoms with Crippen molar-refractivity contribution in [1.82, 2.24) is 0 Å². The zero-order chi connectivity index (χ0) is 21.7. The van der Waals surface area contributed by atoms with Crippen molar-refractivity contribution in [1.29, 1.82) is 0 Å². The molecule has 0 aliphatic carbocycles. The van der Waals surface area contributed by atoms with E-state index in [1.807, 2.05) is 23.6 Å². The van der Waals surface area contributed by atoms with E-state index in [-0.39, 0.29) is 18.1 Å². The molecule has 0 amide bonds. The Morgan fingerprint density at radius 1 is 1.23 bits per heavy atom. The SMILES string of the molecule is COc1ccc(/C=C/C(=O)c2cc(Br)cs2)cc1COc1ccc([N+](=O)[O-])c(C)c1. The fourth-order valence-corrected chi connectivity index (χ4v) is 4.14. The van der Waals surface area contributed by atoms with Gasteiger partial charge in [0.05, 0.1) is 16.9 Å². The van der Waals surface area contributed by atoms with Gasteiger partial charge >= 0.3 is 0 Å². The molecule has 0 bridgehead atoms. The highest BCUT2D eigenvalue weighted by molar-refractivity contribution is 9.10. The molecule has 1 heterocycles. The Kier molecular flexibility index (Phi) is 7.02. The van der Waals surface area contributed by atoms with E-state index in [1.165, 1.54) is 23.5 Å². The Labute approximate surface area is 186 Å². The third-order valence-electron chi connectivity index (χ3n) is 4.30. The van der Waals surface area contributed by atoms with Crippen LogP contribution in [0.2, 0.25) is 0 Å². The second-order valence-electron chi connectivity index (χ2n) is 6.39. The van der Waals surface area contributed by atoms with E-state index < -0.39 is 4.92 Å². The smallest absolute Gasteiger partial charge is 0.272 e. The molecule has 3 aromatic rings. The van der Waals surface area contributed by atoms with Crippen molar-refractivity contribution in [2.45, 2.75) is 13.5 Å². The van der Waals surface area contributed by atoms with E-state index in [9.17, 15) is 14.9 Å². The van der Waals surface area contributed by atoms with Crippen LogP contribution in [-0.4, -0.2) is 17.8 Å². The van der Waals surface area contributed by atoms with Gasteiger partial charge in [0.25, 0.3) is 5.69 Å². The molecule has 0 saturated carbocycles. The van der Waals surface area contributed by atoms with Crippen molar-refractivity contribution in [2.24, 2.45) is 0 Å². The van der Waals surface area contributed by atoms with Crippen LogP contribution in [0.1, 0.15) is 26.4 Å². The lowest BCUT2D eigenvalue weighted by atomic mass is 10.1. The molecule has 30 heavy (non-hydrogen) atoms. The van der Waals surface area contributed by atoms with Crippen LogP contribution in [0.5, 0.6) is 11.5 Å². The highest BCUT2D eigenvalue weighted by Crippen LogP contribution is 2.26. The maximum absolute atomic E-state index is 12.3. The molecule has 0 N–H and O–H groups in total.